The molecule has 0 rings (SSSR count). The molecule has 0 heterocycles. The first-order valence-electron chi connectivity index (χ1n) is 5.92. The van der Waals surface area contributed by atoms with Crippen molar-refractivity contribution < 1.29 is 23.8 Å². The minimum atomic E-state index is -0.616. The van der Waals surface area contributed by atoms with Gasteiger partial charge in [-0.25, -0.2) is 4.79 Å². The molecule has 0 aromatic carbocycles. The molecule has 0 N–H and O–H groups in total. The Morgan fingerprint density at radius 3 is 1.33 bits per heavy atom. The highest BCUT2D eigenvalue weighted by Crippen LogP contribution is 2.13. The lowest BCUT2D eigenvalue weighted by Gasteiger charge is -2.24. The van der Waals surface area contributed by atoms with Crippen molar-refractivity contribution in [3.63, 3.8) is 0 Å². The van der Waals surface area contributed by atoms with Crippen LogP contribution in [0.3, 0.4) is 0 Å². The molecule has 0 bridgehead atoms. The van der Waals surface area contributed by atoms with E-state index in [1.54, 1.807) is 48.5 Å². The smallest absolute Gasteiger partial charge is 0.466 e. The number of carbonyl (C=O) groups is 2. The van der Waals surface area contributed by atoms with Gasteiger partial charge in [0, 0.05) is 6.92 Å². The summed E-state index contributed by atoms with van der Waals surface area (Å²) in [5, 5.41) is 0. The van der Waals surface area contributed by atoms with Gasteiger partial charge in [-0.3, -0.25) is 4.79 Å². The van der Waals surface area contributed by atoms with E-state index < -0.39 is 17.4 Å². The summed E-state index contributed by atoms with van der Waals surface area (Å²) >= 11 is 0. The highest BCUT2D eigenvalue weighted by molar-refractivity contribution is 5.65. The van der Waals surface area contributed by atoms with E-state index >= 15 is 0 Å². The second-order valence-electron chi connectivity index (χ2n) is 5.60. The topological polar surface area (TPSA) is 61.8 Å². The van der Waals surface area contributed by atoms with Crippen molar-refractivity contribution in [2.75, 3.05) is 6.61 Å². The van der Waals surface area contributed by atoms with Crippen LogP contribution in [0.1, 0.15) is 55.4 Å². The third kappa shape index (κ3) is 20.2. The zero-order valence-corrected chi connectivity index (χ0v) is 12.7. The Morgan fingerprint density at radius 2 is 1.22 bits per heavy atom. The second kappa shape index (κ2) is 7.95. The normalized spacial score (nSPS) is 10.9. The summed E-state index contributed by atoms with van der Waals surface area (Å²) in [7, 11) is 0. The quantitative estimate of drug-likeness (QED) is 0.678. The van der Waals surface area contributed by atoms with Gasteiger partial charge < -0.3 is 14.2 Å². The van der Waals surface area contributed by atoms with Crippen molar-refractivity contribution in [2.24, 2.45) is 0 Å². The molecular weight excluding hydrogens is 236 g/mol. The maximum Gasteiger partial charge on any atom is 0.509 e. The van der Waals surface area contributed by atoms with Crippen LogP contribution in [0, 0.1) is 0 Å². The molecule has 108 valence electrons. The van der Waals surface area contributed by atoms with Crippen molar-refractivity contribution in [1.82, 2.24) is 0 Å². The van der Waals surface area contributed by atoms with Gasteiger partial charge in [0.2, 0.25) is 0 Å². The van der Waals surface area contributed by atoms with E-state index in [9.17, 15) is 9.59 Å². The molecule has 0 saturated carbocycles. The van der Waals surface area contributed by atoms with Crippen LogP contribution in [-0.4, -0.2) is 29.9 Å². The lowest BCUT2D eigenvalue weighted by Crippen LogP contribution is -2.30. The largest absolute Gasteiger partial charge is 0.509 e. The zero-order chi connectivity index (χ0) is 15.0. The lowest BCUT2D eigenvalue weighted by molar-refractivity contribution is -0.140. The minimum Gasteiger partial charge on any atom is -0.466 e. The summed E-state index contributed by atoms with van der Waals surface area (Å²) in [5.41, 5.74) is -0.968. The van der Waals surface area contributed by atoms with Crippen LogP contribution in [-0.2, 0) is 19.0 Å². The van der Waals surface area contributed by atoms with Crippen LogP contribution >= 0.6 is 0 Å². The van der Waals surface area contributed by atoms with E-state index in [1.165, 1.54) is 6.92 Å². The molecule has 0 unspecified atom stereocenters. The average Bonchev–Trinajstić information content (AvgIpc) is 1.95. The van der Waals surface area contributed by atoms with E-state index in [0.29, 0.717) is 6.61 Å². The summed E-state index contributed by atoms with van der Waals surface area (Å²) < 4.78 is 14.3. The lowest BCUT2D eigenvalue weighted by atomic mass is 10.2. The van der Waals surface area contributed by atoms with Gasteiger partial charge >= 0.3 is 12.1 Å². The maximum atomic E-state index is 11.0. The highest BCUT2D eigenvalue weighted by Gasteiger charge is 2.22. The van der Waals surface area contributed by atoms with E-state index in [0.717, 1.165) is 0 Å². The summed E-state index contributed by atoms with van der Waals surface area (Å²) in [5.74, 6) is -0.211. The Bertz CT molecular complexity index is 240. The Hall–Kier alpha value is -1.26. The minimum absolute atomic E-state index is 0.211. The predicted molar refractivity (Wildman–Crippen MR) is 69.4 cm³/mol. The number of hydrogen-bond donors (Lipinski definition) is 0. The van der Waals surface area contributed by atoms with Gasteiger partial charge in [-0.05, 0) is 48.5 Å². The molecule has 0 fully saturated rings. The molecular formula is C13H26O5. The van der Waals surface area contributed by atoms with Gasteiger partial charge in [0.25, 0.3) is 0 Å². The van der Waals surface area contributed by atoms with Crippen LogP contribution in [0.5, 0.6) is 0 Å². The third-order valence-electron chi connectivity index (χ3n) is 1.13. The van der Waals surface area contributed by atoms with Crippen molar-refractivity contribution in [2.45, 2.75) is 66.6 Å². The van der Waals surface area contributed by atoms with E-state index in [1.807, 2.05) is 0 Å². The number of esters is 1. The number of ether oxygens (including phenoxy) is 3. The van der Waals surface area contributed by atoms with Gasteiger partial charge in [-0.15, -0.1) is 0 Å². The van der Waals surface area contributed by atoms with E-state index in [2.05, 4.69) is 4.74 Å². The van der Waals surface area contributed by atoms with Crippen molar-refractivity contribution in [3.8, 4) is 0 Å². The zero-order valence-electron chi connectivity index (χ0n) is 12.7. The molecule has 5 nitrogen and oxygen atoms in total. The molecule has 0 saturated heterocycles. The van der Waals surface area contributed by atoms with Crippen LogP contribution < -0.4 is 0 Å². The molecule has 0 aliphatic heterocycles. The van der Waals surface area contributed by atoms with Gasteiger partial charge in [-0.2, -0.15) is 0 Å². The standard InChI is InChI=1S/C9H18O3.C4H8O2/c1-8(2,3)11-7(10)12-9(4,5)6;1-3-6-4(2)5/h1-6H3;3H2,1-2H3. The first-order chi connectivity index (χ1) is 7.87. The molecule has 0 aromatic rings. The van der Waals surface area contributed by atoms with Crippen molar-refractivity contribution >= 4 is 12.1 Å². The van der Waals surface area contributed by atoms with Crippen molar-refractivity contribution in [3.05, 3.63) is 0 Å². The Balaban J connectivity index is 0. The monoisotopic (exact) mass is 262 g/mol. The Morgan fingerprint density at radius 1 is 0.889 bits per heavy atom. The summed E-state index contributed by atoms with van der Waals surface area (Å²) in [6.07, 6.45) is -0.616. The van der Waals surface area contributed by atoms with Crippen LogP contribution in [0.4, 0.5) is 4.79 Å². The number of rotatable bonds is 1. The highest BCUT2D eigenvalue weighted by atomic mass is 16.7. The molecule has 0 radical (unpaired) electrons. The fraction of sp³-hybridized carbons (Fsp3) is 0.846. The second-order valence-corrected chi connectivity index (χ2v) is 5.60. The molecule has 5 heteroatoms. The molecule has 0 aromatic heterocycles. The van der Waals surface area contributed by atoms with E-state index in [-0.39, 0.29) is 5.97 Å². The predicted octanol–water partition coefficient (Wildman–Crippen LogP) is 3.31. The van der Waals surface area contributed by atoms with Crippen LogP contribution in [0.15, 0.2) is 0 Å². The van der Waals surface area contributed by atoms with Crippen LogP contribution in [0.2, 0.25) is 0 Å². The first kappa shape index (κ1) is 19.1. The molecule has 0 amide bonds. The molecule has 18 heavy (non-hydrogen) atoms. The number of hydrogen-bond acceptors (Lipinski definition) is 5. The molecule has 0 aliphatic carbocycles. The van der Waals surface area contributed by atoms with Gasteiger partial charge in [0.1, 0.15) is 11.2 Å². The van der Waals surface area contributed by atoms with Gasteiger partial charge in [-0.1, -0.05) is 0 Å². The third-order valence-corrected chi connectivity index (χ3v) is 1.13. The average molecular weight is 262 g/mol. The Kier molecular flexibility index (Phi) is 8.43. The molecule has 0 aliphatic rings. The summed E-state index contributed by atoms with van der Waals surface area (Å²) in [4.78, 5) is 20.9. The van der Waals surface area contributed by atoms with Crippen LogP contribution in [0.25, 0.3) is 0 Å². The maximum absolute atomic E-state index is 11.0. The van der Waals surface area contributed by atoms with E-state index in [4.69, 9.17) is 9.47 Å². The van der Waals surface area contributed by atoms with Gasteiger partial charge in [0.15, 0.2) is 0 Å². The summed E-state index contributed by atoms with van der Waals surface area (Å²) in [6.45, 7) is 14.5. The van der Waals surface area contributed by atoms with Crippen molar-refractivity contribution in [1.29, 1.82) is 0 Å². The van der Waals surface area contributed by atoms with Gasteiger partial charge in [0.05, 0.1) is 6.61 Å². The number of carbonyl (C=O) groups excluding carboxylic acids is 2. The SMILES string of the molecule is CC(C)(C)OC(=O)OC(C)(C)C.CCOC(C)=O. The Labute approximate surface area is 110 Å². The summed E-state index contributed by atoms with van der Waals surface area (Å²) in [6, 6.07) is 0. The fourth-order valence-electron chi connectivity index (χ4n) is 0.724. The molecule has 0 atom stereocenters. The first-order valence-corrected chi connectivity index (χ1v) is 5.92. The molecule has 0 spiro atoms. The fourth-order valence-corrected chi connectivity index (χ4v) is 0.724.